The number of carbonyl (C=O) groups excluding carboxylic acids is 1. The highest BCUT2D eigenvalue weighted by molar-refractivity contribution is 5.90. The molecule has 2 N–H and O–H groups in total. The van der Waals surface area contributed by atoms with Gasteiger partial charge >= 0.3 is 6.09 Å². The van der Waals surface area contributed by atoms with Gasteiger partial charge in [0.05, 0.1) is 46.4 Å². The van der Waals surface area contributed by atoms with Crippen LogP contribution in [0.2, 0.25) is 0 Å². The van der Waals surface area contributed by atoms with Crippen molar-refractivity contribution in [1.82, 2.24) is 9.55 Å². The third-order valence-corrected chi connectivity index (χ3v) is 5.63. The van der Waals surface area contributed by atoms with Crippen LogP contribution in [0.15, 0.2) is 40.3 Å². The normalized spacial score (nSPS) is 17.6. The maximum Gasteiger partial charge on any atom is 0.412 e. The van der Waals surface area contributed by atoms with Gasteiger partial charge in [0.25, 0.3) is 0 Å². The number of carbonyl (C=O) groups is 1. The zero-order valence-electron chi connectivity index (χ0n) is 20.4. The van der Waals surface area contributed by atoms with Gasteiger partial charge in [0.15, 0.2) is 5.43 Å². The van der Waals surface area contributed by atoms with E-state index in [9.17, 15) is 19.1 Å². The average Bonchev–Trinajstić information content (AvgIpc) is 3.12. The number of nitrogens with one attached hydrogen (secondary N) is 1. The molecule has 1 aliphatic heterocycles. The molecule has 0 aliphatic carbocycles. The Hall–Kier alpha value is -3.86. The fraction of sp³-hybridized carbons (Fsp3) is 0.360. The molecule has 0 saturated carbocycles. The number of nitrogens with zero attached hydrogens (tertiary/aromatic N) is 3. The number of halogens is 2. The maximum atomic E-state index is 15.2. The molecular weight excluding hydrogens is 474 g/mol. The maximum absolute atomic E-state index is 15.2. The monoisotopic (exact) mass is 500 g/mol. The van der Waals surface area contributed by atoms with Gasteiger partial charge < -0.3 is 14.7 Å². The number of ether oxygens (including phenoxy) is 1. The molecule has 3 heterocycles. The molecule has 0 radical (unpaired) electrons. The van der Waals surface area contributed by atoms with Gasteiger partial charge in [-0.2, -0.15) is 0 Å². The molecule has 1 aromatic carbocycles. The van der Waals surface area contributed by atoms with E-state index in [4.69, 9.17) is 9.57 Å². The van der Waals surface area contributed by atoms with E-state index in [-0.39, 0.29) is 40.1 Å². The first kappa shape index (κ1) is 25.2. The molecule has 4 rings (SSSR count). The first-order valence-corrected chi connectivity index (χ1v) is 11.3. The van der Waals surface area contributed by atoms with E-state index < -0.39 is 35.4 Å². The highest BCUT2D eigenvalue weighted by Crippen LogP contribution is 2.31. The van der Waals surface area contributed by atoms with Gasteiger partial charge in [-0.15, -0.1) is 0 Å². The van der Waals surface area contributed by atoms with Crippen LogP contribution < -0.4 is 10.7 Å². The Labute approximate surface area is 205 Å². The summed E-state index contributed by atoms with van der Waals surface area (Å²) < 4.78 is 36.1. The number of pyridine rings is 2. The quantitative estimate of drug-likeness (QED) is 0.549. The van der Waals surface area contributed by atoms with Crippen molar-refractivity contribution in [3.8, 4) is 5.69 Å². The van der Waals surface area contributed by atoms with E-state index in [1.807, 2.05) is 6.92 Å². The van der Waals surface area contributed by atoms with Gasteiger partial charge in [0.2, 0.25) is 0 Å². The Morgan fingerprint density at radius 1 is 1.22 bits per heavy atom. The summed E-state index contributed by atoms with van der Waals surface area (Å²) in [6.07, 6.45) is -1.25. The number of amides is 1. The number of rotatable bonds is 4. The lowest BCUT2D eigenvalue weighted by atomic mass is 9.95. The van der Waals surface area contributed by atoms with Crippen LogP contribution in [0.4, 0.5) is 19.3 Å². The van der Waals surface area contributed by atoms with E-state index in [0.717, 1.165) is 12.1 Å². The number of hydrogen-bond donors (Lipinski definition) is 2. The molecule has 0 bridgehead atoms. The number of aliphatic hydroxyl groups is 1. The molecule has 11 heteroatoms. The number of fused-ring (bicyclic) bond motifs is 1. The molecule has 0 saturated heterocycles. The van der Waals surface area contributed by atoms with Crippen LogP contribution in [0.1, 0.15) is 51.9 Å². The molecule has 36 heavy (non-hydrogen) atoms. The minimum absolute atomic E-state index is 0.0204. The zero-order chi connectivity index (χ0) is 26.4. The lowest BCUT2D eigenvalue weighted by Gasteiger charge is -2.21. The SMILES string of the molecule is CC1=NOC(C)C1c1ccc2c(=O)cc(CO)n(-c3cc(NC(=O)OC(C)(C)C)c(F)cc3F)c2n1. The molecular formula is C25H26F2N4O5. The highest BCUT2D eigenvalue weighted by atomic mass is 19.1. The van der Waals surface area contributed by atoms with Crippen molar-refractivity contribution in [2.45, 2.75) is 58.8 Å². The van der Waals surface area contributed by atoms with E-state index in [1.165, 1.54) is 4.57 Å². The molecule has 1 amide bonds. The van der Waals surface area contributed by atoms with Crippen molar-refractivity contribution in [1.29, 1.82) is 0 Å². The van der Waals surface area contributed by atoms with E-state index in [1.54, 1.807) is 39.8 Å². The number of aliphatic hydroxyl groups excluding tert-OH is 1. The number of benzene rings is 1. The fourth-order valence-corrected chi connectivity index (χ4v) is 4.11. The van der Waals surface area contributed by atoms with Crippen LogP contribution in [0.5, 0.6) is 0 Å². The summed E-state index contributed by atoms with van der Waals surface area (Å²) in [4.78, 5) is 34.9. The zero-order valence-corrected chi connectivity index (χ0v) is 20.4. The van der Waals surface area contributed by atoms with Crippen LogP contribution in [0, 0.1) is 11.6 Å². The molecule has 2 unspecified atom stereocenters. The Balaban J connectivity index is 1.92. The van der Waals surface area contributed by atoms with Crippen molar-refractivity contribution < 1.29 is 28.3 Å². The van der Waals surface area contributed by atoms with Crippen molar-refractivity contribution in [2.24, 2.45) is 5.16 Å². The minimum atomic E-state index is -1.03. The molecule has 2 aromatic heterocycles. The molecule has 0 fully saturated rings. The summed E-state index contributed by atoms with van der Waals surface area (Å²) in [6.45, 7) is 7.90. The van der Waals surface area contributed by atoms with E-state index >= 15 is 4.39 Å². The molecule has 190 valence electrons. The number of hydrogen-bond acceptors (Lipinski definition) is 7. The first-order valence-electron chi connectivity index (χ1n) is 11.3. The number of oxime groups is 1. The van der Waals surface area contributed by atoms with Crippen LogP contribution in [0.25, 0.3) is 16.7 Å². The third kappa shape index (κ3) is 4.78. The topological polar surface area (TPSA) is 115 Å². The first-order chi connectivity index (χ1) is 16.9. The Morgan fingerprint density at radius 2 is 1.94 bits per heavy atom. The smallest absolute Gasteiger partial charge is 0.412 e. The van der Waals surface area contributed by atoms with Crippen molar-refractivity contribution in [2.75, 3.05) is 5.32 Å². The predicted molar refractivity (Wildman–Crippen MR) is 129 cm³/mol. The lowest BCUT2D eigenvalue weighted by molar-refractivity contribution is 0.0635. The van der Waals surface area contributed by atoms with Gasteiger partial charge in [-0.05, 0) is 52.8 Å². The standard InChI is InChI=1S/C25H26F2N4O5/c1-12-22(13(2)36-30-12)18-7-6-15-21(33)8-14(11-32)31(23(15)28-18)20-10-19(16(26)9-17(20)27)29-24(34)35-25(3,4)5/h6-10,13,22,32H,11H2,1-5H3,(H,29,34). The Kier molecular flexibility index (Phi) is 6.52. The summed E-state index contributed by atoms with van der Waals surface area (Å²) in [5, 5.41) is 16.4. The largest absolute Gasteiger partial charge is 0.444 e. The highest BCUT2D eigenvalue weighted by Gasteiger charge is 2.31. The van der Waals surface area contributed by atoms with Crippen LogP contribution >= 0.6 is 0 Å². The van der Waals surface area contributed by atoms with Crippen LogP contribution in [-0.4, -0.2) is 38.2 Å². The van der Waals surface area contributed by atoms with Gasteiger partial charge in [0, 0.05) is 12.1 Å². The van der Waals surface area contributed by atoms with Crippen molar-refractivity contribution in [3.05, 3.63) is 63.6 Å². The second-order valence-electron chi connectivity index (χ2n) is 9.53. The third-order valence-electron chi connectivity index (χ3n) is 5.63. The molecule has 0 spiro atoms. The summed E-state index contributed by atoms with van der Waals surface area (Å²) in [5.41, 5.74) is -0.595. The fourth-order valence-electron chi connectivity index (χ4n) is 4.11. The van der Waals surface area contributed by atoms with Gasteiger partial charge in [-0.1, -0.05) is 5.16 Å². The second kappa shape index (κ2) is 9.30. The van der Waals surface area contributed by atoms with E-state index in [2.05, 4.69) is 15.5 Å². The lowest BCUT2D eigenvalue weighted by Crippen LogP contribution is -2.27. The molecule has 2 atom stereocenters. The Morgan fingerprint density at radius 3 is 2.56 bits per heavy atom. The molecule has 3 aromatic rings. The predicted octanol–water partition coefficient (Wildman–Crippen LogP) is 4.38. The second-order valence-corrected chi connectivity index (χ2v) is 9.53. The number of anilines is 1. The average molecular weight is 501 g/mol. The van der Waals surface area contributed by atoms with Gasteiger partial charge in [-0.3, -0.25) is 14.7 Å². The van der Waals surface area contributed by atoms with Crippen LogP contribution in [-0.2, 0) is 16.2 Å². The summed E-state index contributed by atoms with van der Waals surface area (Å²) >= 11 is 0. The minimum Gasteiger partial charge on any atom is -0.444 e. The van der Waals surface area contributed by atoms with Crippen molar-refractivity contribution >= 4 is 28.5 Å². The van der Waals surface area contributed by atoms with E-state index in [0.29, 0.717) is 17.5 Å². The van der Waals surface area contributed by atoms with Crippen LogP contribution in [0.3, 0.4) is 0 Å². The molecule has 9 nitrogen and oxygen atoms in total. The Bertz CT molecular complexity index is 1450. The van der Waals surface area contributed by atoms with Gasteiger partial charge in [-0.25, -0.2) is 18.6 Å². The summed E-state index contributed by atoms with van der Waals surface area (Å²) in [6, 6.07) is 6.03. The van der Waals surface area contributed by atoms with Gasteiger partial charge in [0.1, 0.15) is 29.0 Å². The van der Waals surface area contributed by atoms with Crippen molar-refractivity contribution in [3.63, 3.8) is 0 Å². The summed E-state index contributed by atoms with van der Waals surface area (Å²) in [5.74, 6) is -2.34. The number of aromatic nitrogens is 2. The molecule has 1 aliphatic rings. The summed E-state index contributed by atoms with van der Waals surface area (Å²) in [7, 11) is 0.